The summed E-state index contributed by atoms with van der Waals surface area (Å²) in [6, 6.07) is 8.31. The molecule has 0 fully saturated rings. The Morgan fingerprint density at radius 1 is 1.33 bits per heavy atom. The summed E-state index contributed by atoms with van der Waals surface area (Å²) in [5, 5.41) is 15.5. The van der Waals surface area contributed by atoms with E-state index in [-0.39, 0.29) is 11.7 Å². The fraction of sp³-hybridized carbons (Fsp3) is 0.250. The van der Waals surface area contributed by atoms with Crippen molar-refractivity contribution in [3.05, 3.63) is 47.5 Å². The lowest BCUT2D eigenvalue weighted by Crippen LogP contribution is -2.15. The van der Waals surface area contributed by atoms with Crippen LogP contribution in [-0.4, -0.2) is 25.8 Å². The van der Waals surface area contributed by atoms with E-state index in [1.807, 2.05) is 0 Å². The molecule has 6 nitrogen and oxygen atoms in total. The third kappa shape index (κ3) is 2.65. The Balaban J connectivity index is 2.11. The van der Waals surface area contributed by atoms with Crippen LogP contribution in [0.25, 0.3) is 0 Å². The Labute approximate surface area is 105 Å². The summed E-state index contributed by atoms with van der Waals surface area (Å²) in [6.07, 6.45) is 2.58. The van der Waals surface area contributed by atoms with Gasteiger partial charge in [-0.3, -0.25) is 0 Å². The number of benzene rings is 1. The van der Waals surface area contributed by atoms with Crippen molar-refractivity contribution in [1.82, 2.24) is 14.8 Å². The van der Waals surface area contributed by atoms with Crippen LogP contribution in [-0.2, 0) is 13.0 Å². The highest BCUT2D eigenvalue weighted by Gasteiger charge is 2.05. The van der Waals surface area contributed by atoms with Gasteiger partial charge in [-0.2, -0.15) is 0 Å². The summed E-state index contributed by atoms with van der Waals surface area (Å²) in [7, 11) is 0. The van der Waals surface area contributed by atoms with Gasteiger partial charge in [-0.15, -0.1) is 5.10 Å². The van der Waals surface area contributed by atoms with Gasteiger partial charge in [0.25, 0.3) is 0 Å². The van der Waals surface area contributed by atoms with Gasteiger partial charge in [0.15, 0.2) is 0 Å². The van der Waals surface area contributed by atoms with Gasteiger partial charge >= 0.3 is 0 Å². The van der Waals surface area contributed by atoms with Crippen LogP contribution in [0, 0.1) is 0 Å². The molecule has 2 aromatic rings. The molecular formula is C12H15N5O. The largest absolute Gasteiger partial charge is 0.409 e. The molecule has 0 saturated carbocycles. The third-order valence-corrected chi connectivity index (χ3v) is 2.65. The van der Waals surface area contributed by atoms with Gasteiger partial charge < -0.3 is 10.9 Å². The summed E-state index contributed by atoms with van der Waals surface area (Å²) in [5.41, 5.74) is 7.83. The number of amidine groups is 1. The molecule has 2 rings (SSSR count). The van der Waals surface area contributed by atoms with Crippen LogP contribution in [0.3, 0.4) is 0 Å². The second-order valence-corrected chi connectivity index (χ2v) is 3.92. The van der Waals surface area contributed by atoms with Gasteiger partial charge in [0.05, 0.1) is 6.54 Å². The fourth-order valence-corrected chi connectivity index (χ4v) is 1.60. The molecule has 6 heteroatoms. The monoisotopic (exact) mass is 245 g/mol. The van der Waals surface area contributed by atoms with Crippen LogP contribution >= 0.6 is 0 Å². The summed E-state index contributed by atoms with van der Waals surface area (Å²) in [4.78, 5) is 3.95. The first kappa shape index (κ1) is 12.1. The van der Waals surface area contributed by atoms with Crippen LogP contribution in [0.5, 0.6) is 0 Å². The second kappa shape index (κ2) is 5.31. The van der Waals surface area contributed by atoms with Crippen molar-refractivity contribution in [2.45, 2.75) is 19.9 Å². The summed E-state index contributed by atoms with van der Waals surface area (Å²) < 4.78 is 1.65. The van der Waals surface area contributed by atoms with Gasteiger partial charge in [0.1, 0.15) is 6.33 Å². The van der Waals surface area contributed by atoms with Gasteiger partial charge in [-0.1, -0.05) is 36.3 Å². The lowest BCUT2D eigenvalue weighted by atomic mass is 10.1. The predicted octanol–water partition coefficient (Wildman–Crippen LogP) is 0.983. The second-order valence-electron chi connectivity index (χ2n) is 3.92. The minimum Gasteiger partial charge on any atom is -0.409 e. The first-order valence-electron chi connectivity index (χ1n) is 5.68. The van der Waals surface area contributed by atoms with Crippen molar-refractivity contribution in [3.8, 4) is 0 Å². The number of nitrogens with zero attached hydrogens (tertiary/aromatic N) is 4. The first-order chi connectivity index (χ1) is 8.72. The molecular weight excluding hydrogens is 230 g/mol. The maximum Gasteiger partial charge on any atom is 0.219 e. The van der Waals surface area contributed by atoms with E-state index in [2.05, 4.69) is 46.4 Å². The van der Waals surface area contributed by atoms with Crippen molar-refractivity contribution in [1.29, 1.82) is 0 Å². The molecule has 94 valence electrons. The summed E-state index contributed by atoms with van der Waals surface area (Å²) in [6.45, 7) is 2.73. The van der Waals surface area contributed by atoms with Gasteiger partial charge in [0, 0.05) is 0 Å². The number of hydrogen-bond acceptors (Lipinski definition) is 4. The molecule has 0 atom stereocenters. The van der Waals surface area contributed by atoms with Crippen LogP contribution < -0.4 is 5.73 Å². The number of oxime groups is 1. The van der Waals surface area contributed by atoms with Crippen molar-refractivity contribution < 1.29 is 5.21 Å². The minimum absolute atomic E-state index is 0.0879. The van der Waals surface area contributed by atoms with E-state index in [1.165, 1.54) is 5.56 Å². The molecule has 0 aliphatic carbocycles. The molecule has 1 heterocycles. The maximum absolute atomic E-state index is 8.52. The van der Waals surface area contributed by atoms with Gasteiger partial charge in [-0.25, -0.2) is 9.67 Å². The highest BCUT2D eigenvalue weighted by molar-refractivity contribution is 5.93. The van der Waals surface area contributed by atoms with Crippen molar-refractivity contribution >= 4 is 5.84 Å². The Kier molecular flexibility index (Phi) is 3.57. The van der Waals surface area contributed by atoms with Gasteiger partial charge in [0.2, 0.25) is 11.7 Å². The Hall–Kier alpha value is -2.37. The zero-order valence-corrected chi connectivity index (χ0v) is 10.1. The molecule has 18 heavy (non-hydrogen) atoms. The topological polar surface area (TPSA) is 89.3 Å². The van der Waals surface area contributed by atoms with E-state index >= 15 is 0 Å². The van der Waals surface area contributed by atoms with E-state index < -0.39 is 0 Å². The van der Waals surface area contributed by atoms with Crippen molar-refractivity contribution in [2.75, 3.05) is 0 Å². The number of aryl methyl sites for hydroxylation is 1. The molecule has 0 aliphatic heterocycles. The quantitative estimate of drug-likeness (QED) is 0.364. The molecule has 0 saturated heterocycles. The number of rotatable bonds is 4. The first-order valence-corrected chi connectivity index (χ1v) is 5.68. The number of hydrogen-bond donors (Lipinski definition) is 2. The lowest BCUT2D eigenvalue weighted by Gasteiger charge is -2.02. The summed E-state index contributed by atoms with van der Waals surface area (Å²) in [5.74, 6) is 0.137. The van der Waals surface area contributed by atoms with E-state index in [0.29, 0.717) is 6.54 Å². The molecule has 0 amide bonds. The molecule has 1 aromatic heterocycles. The Morgan fingerprint density at radius 2 is 2.00 bits per heavy atom. The third-order valence-electron chi connectivity index (χ3n) is 2.65. The van der Waals surface area contributed by atoms with E-state index in [1.54, 1.807) is 11.0 Å². The average Bonchev–Trinajstić information content (AvgIpc) is 2.87. The minimum atomic E-state index is -0.0879. The van der Waals surface area contributed by atoms with Crippen molar-refractivity contribution in [3.63, 3.8) is 0 Å². The van der Waals surface area contributed by atoms with Crippen LogP contribution in [0.15, 0.2) is 35.7 Å². The van der Waals surface area contributed by atoms with Crippen LogP contribution in [0.4, 0.5) is 0 Å². The number of aromatic nitrogens is 3. The zero-order chi connectivity index (χ0) is 13.0. The average molecular weight is 245 g/mol. The summed E-state index contributed by atoms with van der Waals surface area (Å²) >= 11 is 0. The number of nitrogens with two attached hydrogens (primary N) is 1. The van der Waals surface area contributed by atoms with E-state index in [0.717, 1.165) is 12.0 Å². The van der Waals surface area contributed by atoms with Crippen molar-refractivity contribution in [2.24, 2.45) is 10.9 Å². The molecule has 0 unspecified atom stereocenters. The van der Waals surface area contributed by atoms with E-state index in [4.69, 9.17) is 10.9 Å². The molecule has 0 spiro atoms. The van der Waals surface area contributed by atoms with Gasteiger partial charge in [-0.05, 0) is 17.5 Å². The highest BCUT2D eigenvalue weighted by Crippen LogP contribution is 2.06. The van der Waals surface area contributed by atoms with Crippen LogP contribution in [0.2, 0.25) is 0 Å². The molecule has 3 N–H and O–H groups in total. The Morgan fingerprint density at radius 3 is 2.61 bits per heavy atom. The zero-order valence-electron chi connectivity index (χ0n) is 10.1. The molecule has 0 aliphatic rings. The van der Waals surface area contributed by atoms with E-state index in [9.17, 15) is 0 Å². The smallest absolute Gasteiger partial charge is 0.219 e. The standard InChI is InChI=1S/C12H15N5O/c1-2-9-3-5-10(6-4-9)7-17-8-14-12(15-17)11(13)16-18/h3-6,8,18H,2,7H2,1H3,(H2,13,16). The molecule has 1 aromatic carbocycles. The maximum atomic E-state index is 8.52. The fourth-order valence-electron chi connectivity index (χ4n) is 1.60. The Bertz CT molecular complexity index is 544. The predicted molar refractivity (Wildman–Crippen MR) is 67.5 cm³/mol. The molecule has 0 radical (unpaired) electrons. The molecule has 0 bridgehead atoms. The highest BCUT2D eigenvalue weighted by atomic mass is 16.4. The lowest BCUT2D eigenvalue weighted by molar-refractivity contribution is 0.318. The normalized spacial score (nSPS) is 11.7. The SMILES string of the molecule is CCc1ccc(Cn2cnc(C(N)=NO)n2)cc1. The van der Waals surface area contributed by atoms with Crippen LogP contribution in [0.1, 0.15) is 23.9 Å².